The van der Waals surface area contributed by atoms with Crippen molar-refractivity contribution in [2.45, 2.75) is 54.4 Å². The van der Waals surface area contributed by atoms with Crippen LogP contribution in [0.25, 0.3) is 22.3 Å². The first-order valence-corrected chi connectivity index (χ1v) is 12.4. The molecule has 0 saturated carbocycles. The van der Waals surface area contributed by atoms with Crippen molar-refractivity contribution in [2.24, 2.45) is 0 Å². The number of rotatable bonds is 4. The third-order valence-corrected chi connectivity index (χ3v) is 7.31. The largest absolute Gasteiger partial charge is 0.0584 e. The van der Waals surface area contributed by atoms with Crippen molar-refractivity contribution >= 4 is 0 Å². The smallest absolute Gasteiger partial charge is 0.00195 e. The van der Waals surface area contributed by atoms with Crippen molar-refractivity contribution in [3.05, 3.63) is 128 Å². The van der Waals surface area contributed by atoms with Crippen LogP contribution in [-0.2, 0) is 12.8 Å². The molecule has 0 aromatic heterocycles. The fourth-order valence-corrected chi connectivity index (χ4v) is 5.89. The fourth-order valence-electron chi connectivity index (χ4n) is 5.89. The van der Waals surface area contributed by atoms with E-state index in [1.54, 1.807) is 0 Å². The molecular formula is C34H34. The van der Waals surface area contributed by atoms with Crippen molar-refractivity contribution < 1.29 is 0 Å². The summed E-state index contributed by atoms with van der Waals surface area (Å²) in [4.78, 5) is 0. The number of fused-ring (bicyclic) bond motifs is 2. The minimum absolute atomic E-state index is 0.972. The lowest BCUT2D eigenvalue weighted by Gasteiger charge is -2.09. The lowest BCUT2D eigenvalue weighted by atomic mass is 9.95. The van der Waals surface area contributed by atoms with Gasteiger partial charge in [0.2, 0.25) is 0 Å². The molecule has 1 aromatic carbocycles. The average molecular weight is 443 g/mol. The molecular weight excluding hydrogens is 408 g/mol. The van der Waals surface area contributed by atoms with E-state index in [0.717, 1.165) is 12.8 Å². The summed E-state index contributed by atoms with van der Waals surface area (Å²) in [5.41, 5.74) is 19.3. The molecule has 0 amide bonds. The van der Waals surface area contributed by atoms with Gasteiger partial charge < -0.3 is 0 Å². The molecule has 0 heterocycles. The van der Waals surface area contributed by atoms with E-state index < -0.39 is 0 Å². The van der Waals surface area contributed by atoms with Gasteiger partial charge in [0.1, 0.15) is 0 Å². The third-order valence-electron chi connectivity index (χ3n) is 7.31. The van der Waals surface area contributed by atoms with Gasteiger partial charge in [0.25, 0.3) is 0 Å². The van der Waals surface area contributed by atoms with Crippen molar-refractivity contribution in [1.82, 2.24) is 0 Å². The summed E-state index contributed by atoms with van der Waals surface area (Å²) in [5, 5.41) is 0. The molecule has 34 heavy (non-hydrogen) atoms. The minimum atomic E-state index is 0.972. The van der Waals surface area contributed by atoms with E-state index in [1.165, 1.54) is 77.9 Å². The summed E-state index contributed by atoms with van der Waals surface area (Å²) < 4.78 is 0. The van der Waals surface area contributed by atoms with E-state index in [0.29, 0.717) is 0 Å². The number of aryl methyl sites for hydroxylation is 6. The summed E-state index contributed by atoms with van der Waals surface area (Å²) in [6.45, 7) is 13.3. The monoisotopic (exact) mass is 442 g/mol. The van der Waals surface area contributed by atoms with Gasteiger partial charge in [-0.3, -0.25) is 0 Å². The topological polar surface area (TPSA) is 0 Å². The molecule has 5 rings (SSSR count). The van der Waals surface area contributed by atoms with E-state index in [1.807, 2.05) is 0 Å². The Balaban J connectivity index is 1.41. The van der Waals surface area contributed by atoms with E-state index in [-0.39, 0.29) is 0 Å². The Kier molecular flexibility index (Phi) is 5.78. The van der Waals surface area contributed by atoms with E-state index >= 15 is 0 Å². The standard InChI is InChI=1S/C34H34/c1-21-15-23(3)31-13-11-29(33(31)25(5)17-21)19-27-7-9-28(10-8-27)20-30-12-14-32-24(4)16-22(2)18-26(6)34(30)32/h7-18H,19-20H2,1-6H3. The molecule has 0 atom stereocenters. The van der Waals surface area contributed by atoms with Gasteiger partial charge >= 0.3 is 0 Å². The van der Waals surface area contributed by atoms with Crippen LogP contribution in [0.2, 0.25) is 0 Å². The van der Waals surface area contributed by atoms with Gasteiger partial charge in [-0.1, -0.05) is 83.9 Å². The highest BCUT2D eigenvalue weighted by Gasteiger charge is 2.16. The second-order valence-electron chi connectivity index (χ2n) is 10.3. The molecule has 0 unspecified atom stereocenters. The van der Waals surface area contributed by atoms with Crippen LogP contribution in [0.1, 0.15) is 55.6 Å². The Bertz CT molecular complexity index is 1320. The van der Waals surface area contributed by atoms with Gasteiger partial charge in [-0.2, -0.15) is 0 Å². The van der Waals surface area contributed by atoms with E-state index in [2.05, 4.69) is 114 Å². The number of hydrogen-bond donors (Lipinski definition) is 0. The molecule has 0 bridgehead atoms. The Morgan fingerprint density at radius 3 is 1.15 bits per heavy atom. The Hall–Kier alpha value is -3.38. The highest BCUT2D eigenvalue weighted by molar-refractivity contribution is 5.78. The van der Waals surface area contributed by atoms with Crippen molar-refractivity contribution in [3.63, 3.8) is 0 Å². The number of benzene rings is 1. The first-order chi connectivity index (χ1) is 16.3. The molecule has 0 heteroatoms. The van der Waals surface area contributed by atoms with Gasteiger partial charge in [0, 0.05) is 0 Å². The number of hydrogen-bond acceptors (Lipinski definition) is 0. The third kappa shape index (κ3) is 4.14. The predicted molar refractivity (Wildman–Crippen MR) is 147 cm³/mol. The molecule has 0 radical (unpaired) electrons. The lowest BCUT2D eigenvalue weighted by Crippen LogP contribution is -1.93. The average Bonchev–Trinajstić information content (AvgIpc) is 3.33. The van der Waals surface area contributed by atoms with Crippen LogP contribution in [0.4, 0.5) is 0 Å². The first-order valence-electron chi connectivity index (χ1n) is 12.4. The van der Waals surface area contributed by atoms with Gasteiger partial charge in [-0.05, 0) is 121 Å². The zero-order chi connectivity index (χ0) is 24.0. The van der Waals surface area contributed by atoms with Crippen molar-refractivity contribution in [2.75, 3.05) is 0 Å². The predicted octanol–water partition coefficient (Wildman–Crippen LogP) is 8.93. The molecule has 0 saturated heterocycles. The van der Waals surface area contributed by atoms with Crippen LogP contribution in [0.5, 0.6) is 0 Å². The zero-order valence-electron chi connectivity index (χ0n) is 21.3. The lowest BCUT2D eigenvalue weighted by molar-refractivity contribution is 1.16. The second-order valence-corrected chi connectivity index (χ2v) is 10.3. The molecule has 4 aliphatic rings. The van der Waals surface area contributed by atoms with Crippen LogP contribution in [-0.4, -0.2) is 0 Å². The van der Waals surface area contributed by atoms with Crippen LogP contribution >= 0.6 is 0 Å². The molecule has 0 fully saturated rings. The summed E-state index contributed by atoms with van der Waals surface area (Å²) >= 11 is 0. The summed E-state index contributed by atoms with van der Waals surface area (Å²) in [6.07, 6.45) is 1.94. The minimum Gasteiger partial charge on any atom is -0.0584 e. The summed E-state index contributed by atoms with van der Waals surface area (Å²) in [7, 11) is 0. The Morgan fingerprint density at radius 2 is 0.765 bits per heavy atom. The van der Waals surface area contributed by atoms with Gasteiger partial charge in [0.15, 0.2) is 0 Å². The molecule has 170 valence electrons. The Morgan fingerprint density at radius 1 is 0.412 bits per heavy atom. The van der Waals surface area contributed by atoms with Crippen LogP contribution in [0.3, 0.4) is 0 Å². The SMILES string of the molecule is Cc1cc(C)c2ccc(Cc3ccc(Cc4ccc5c(C)cc(C)cc(C)c4-5)cc3)c-2c(C)c1. The van der Waals surface area contributed by atoms with E-state index in [9.17, 15) is 0 Å². The molecule has 0 nitrogen and oxygen atoms in total. The first kappa shape index (κ1) is 22.4. The van der Waals surface area contributed by atoms with Gasteiger partial charge in [-0.25, -0.2) is 0 Å². The quantitative estimate of drug-likeness (QED) is 0.260. The van der Waals surface area contributed by atoms with E-state index in [4.69, 9.17) is 0 Å². The van der Waals surface area contributed by atoms with Crippen LogP contribution < -0.4 is 0 Å². The van der Waals surface area contributed by atoms with Crippen molar-refractivity contribution in [3.8, 4) is 22.3 Å². The highest BCUT2D eigenvalue weighted by Crippen LogP contribution is 2.36. The zero-order valence-corrected chi connectivity index (χ0v) is 21.3. The van der Waals surface area contributed by atoms with Crippen LogP contribution in [0.15, 0.2) is 72.8 Å². The molecule has 0 aliphatic heterocycles. The maximum atomic E-state index is 2.32. The summed E-state index contributed by atoms with van der Waals surface area (Å²) in [6, 6.07) is 27.7. The molecule has 0 spiro atoms. The fraction of sp³-hybridized carbons (Fsp3) is 0.235. The maximum absolute atomic E-state index is 2.32. The highest BCUT2D eigenvalue weighted by atomic mass is 14.2. The second kappa shape index (κ2) is 8.76. The Labute approximate surface area is 205 Å². The van der Waals surface area contributed by atoms with Crippen molar-refractivity contribution in [1.29, 1.82) is 0 Å². The molecule has 1 aromatic rings. The van der Waals surface area contributed by atoms with Gasteiger partial charge in [-0.15, -0.1) is 0 Å². The van der Waals surface area contributed by atoms with Crippen LogP contribution in [0, 0.1) is 41.5 Å². The summed E-state index contributed by atoms with van der Waals surface area (Å²) in [5.74, 6) is 0. The molecule has 4 aliphatic carbocycles. The maximum Gasteiger partial charge on any atom is -0.00195 e. The van der Waals surface area contributed by atoms with Gasteiger partial charge in [0.05, 0.1) is 0 Å². The molecule has 0 N–H and O–H groups in total. The normalized spacial score (nSPS) is 11.5.